The topological polar surface area (TPSA) is 45.0 Å². The van der Waals surface area contributed by atoms with E-state index in [1.54, 1.807) is 7.11 Å². The molecule has 0 fully saturated rings. The van der Waals surface area contributed by atoms with E-state index in [1.165, 1.54) is 38.5 Å². The highest BCUT2D eigenvalue weighted by Gasteiger charge is 2.07. The molecule has 0 aromatic heterocycles. The number of unbranched alkanes of at least 4 members (excludes halogenated alkanes) is 6. The van der Waals surface area contributed by atoms with Gasteiger partial charge in [0.05, 0.1) is 13.2 Å². The van der Waals surface area contributed by atoms with Crippen LogP contribution < -0.4 is 10.1 Å². The van der Waals surface area contributed by atoms with E-state index in [0.717, 1.165) is 24.3 Å². The largest absolute Gasteiger partial charge is 0.497 e. The molecule has 1 aromatic carbocycles. The molecule has 0 aliphatic heterocycles. The fraction of sp³-hybridized carbons (Fsp3) is 0.611. The molecule has 0 amide bonds. The molecule has 116 valence electrons. The molecule has 1 atom stereocenters. The Morgan fingerprint density at radius 3 is 2.52 bits per heavy atom. The molecular formula is C18H28N2O. The van der Waals surface area contributed by atoms with Crippen LogP contribution in [0.15, 0.2) is 24.3 Å². The second-order valence-electron chi connectivity index (χ2n) is 5.47. The Morgan fingerprint density at radius 1 is 1.14 bits per heavy atom. The molecule has 0 heterocycles. The van der Waals surface area contributed by atoms with Gasteiger partial charge in [-0.3, -0.25) is 0 Å². The number of hydrogen-bond donors (Lipinski definition) is 1. The van der Waals surface area contributed by atoms with Crippen LogP contribution in [0.2, 0.25) is 0 Å². The molecule has 0 aliphatic rings. The summed E-state index contributed by atoms with van der Waals surface area (Å²) < 4.78 is 5.19. The standard InChI is InChI=1S/C18H28N2O/c1-3-4-5-6-7-8-9-11-17(15-19)20-16-12-10-13-18(14-16)21-2/h10,12-14,17,20H,3-9,11H2,1-2H3. The second-order valence-corrected chi connectivity index (χ2v) is 5.47. The van der Waals surface area contributed by atoms with Gasteiger partial charge in [0.1, 0.15) is 11.8 Å². The minimum absolute atomic E-state index is 0.118. The number of rotatable bonds is 11. The molecular weight excluding hydrogens is 260 g/mol. The van der Waals surface area contributed by atoms with Gasteiger partial charge >= 0.3 is 0 Å². The number of nitriles is 1. The zero-order chi connectivity index (χ0) is 15.3. The fourth-order valence-electron chi connectivity index (χ4n) is 2.39. The summed E-state index contributed by atoms with van der Waals surface area (Å²) in [6.45, 7) is 2.24. The lowest BCUT2D eigenvalue weighted by Gasteiger charge is -2.13. The lowest BCUT2D eigenvalue weighted by molar-refractivity contribution is 0.415. The van der Waals surface area contributed by atoms with Crippen molar-refractivity contribution in [3.63, 3.8) is 0 Å². The Bertz CT molecular complexity index is 425. The van der Waals surface area contributed by atoms with Crippen LogP contribution in [-0.4, -0.2) is 13.2 Å². The number of nitrogens with one attached hydrogen (secondary N) is 1. The van der Waals surface area contributed by atoms with Crippen LogP contribution in [0.3, 0.4) is 0 Å². The number of benzene rings is 1. The van der Waals surface area contributed by atoms with Gasteiger partial charge < -0.3 is 10.1 Å². The van der Waals surface area contributed by atoms with Crippen LogP contribution in [-0.2, 0) is 0 Å². The number of hydrogen-bond acceptors (Lipinski definition) is 3. The minimum atomic E-state index is -0.118. The first-order valence-corrected chi connectivity index (χ1v) is 8.10. The Balaban J connectivity index is 2.24. The van der Waals surface area contributed by atoms with E-state index >= 15 is 0 Å². The van der Waals surface area contributed by atoms with Gasteiger partial charge in [0, 0.05) is 11.8 Å². The first-order valence-electron chi connectivity index (χ1n) is 8.10. The van der Waals surface area contributed by atoms with Gasteiger partial charge in [0.2, 0.25) is 0 Å². The predicted molar refractivity (Wildman–Crippen MR) is 88.6 cm³/mol. The predicted octanol–water partition coefficient (Wildman–Crippen LogP) is 5.14. The monoisotopic (exact) mass is 288 g/mol. The van der Waals surface area contributed by atoms with E-state index in [4.69, 9.17) is 4.74 Å². The van der Waals surface area contributed by atoms with Crippen molar-refractivity contribution in [1.29, 1.82) is 5.26 Å². The molecule has 1 N–H and O–H groups in total. The molecule has 0 aliphatic carbocycles. The first-order chi connectivity index (χ1) is 10.3. The van der Waals surface area contributed by atoms with E-state index in [0.29, 0.717) is 0 Å². The van der Waals surface area contributed by atoms with Crippen LogP contribution in [0.1, 0.15) is 58.3 Å². The Morgan fingerprint density at radius 2 is 1.86 bits per heavy atom. The molecule has 0 saturated carbocycles. The summed E-state index contributed by atoms with van der Waals surface area (Å²) in [5.74, 6) is 0.813. The summed E-state index contributed by atoms with van der Waals surface area (Å²) in [7, 11) is 1.65. The van der Waals surface area contributed by atoms with E-state index in [2.05, 4.69) is 18.3 Å². The highest BCUT2D eigenvalue weighted by Crippen LogP contribution is 2.19. The normalized spacial score (nSPS) is 11.7. The highest BCUT2D eigenvalue weighted by atomic mass is 16.5. The summed E-state index contributed by atoms with van der Waals surface area (Å²) in [4.78, 5) is 0. The lowest BCUT2D eigenvalue weighted by atomic mass is 10.1. The van der Waals surface area contributed by atoms with Crippen LogP contribution in [0.5, 0.6) is 5.75 Å². The third-order valence-electron chi connectivity index (χ3n) is 3.66. The van der Waals surface area contributed by atoms with Crippen LogP contribution >= 0.6 is 0 Å². The van der Waals surface area contributed by atoms with Crippen LogP contribution in [0.25, 0.3) is 0 Å². The van der Waals surface area contributed by atoms with Crippen molar-refractivity contribution in [3.05, 3.63) is 24.3 Å². The lowest BCUT2D eigenvalue weighted by Crippen LogP contribution is -2.16. The quantitative estimate of drug-likeness (QED) is 0.573. The average Bonchev–Trinajstić information content (AvgIpc) is 2.53. The zero-order valence-electron chi connectivity index (χ0n) is 13.4. The van der Waals surface area contributed by atoms with E-state index in [9.17, 15) is 5.26 Å². The van der Waals surface area contributed by atoms with Crippen LogP contribution in [0, 0.1) is 11.3 Å². The van der Waals surface area contributed by atoms with Crippen molar-refractivity contribution in [3.8, 4) is 11.8 Å². The van der Waals surface area contributed by atoms with Crippen molar-refractivity contribution in [1.82, 2.24) is 0 Å². The third-order valence-corrected chi connectivity index (χ3v) is 3.66. The number of anilines is 1. The summed E-state index contributed by atoms with van der Waals surface area (Å²) in [6.07, 6.45) is 9.84. The minimum Gasteiger partial charge on any atom is -0.497 e. The maximum atomic E-state index is 9.24. The highest BCUT2D eigenvalue weighted by molar-refractivity contribution is 5.49. The maximum Gasteiger partial charge on any atom is 0.120 e. The Kier molecular flexibility index (Phi) is 9.11. The van der Waals surface area contributed by atoms with Crippen LogP contribution in [0.4, 0.5) is 5.69 Å². The molecule has 0 spiro atoms. The summed E-state index contributed by atoms with van der Waals surface area (Å²) in [5.41, 5.74) is 0.948. The first kappa shape index (κ1) is 17.4. The average molecular weight is 288 g/mol. The van der Waals surface area contributed by atoms with Crippen molar-refractivity contribution >= 4 is 5.69 Å². The van der Waals surface area contributed by atoms with E-state index in [-0.39, 0.29) is 6.04 Å². The van der Waals surface area contributed by atoms with Gasteiger partial charge in [0.15, 0.2) is 0 Å². The number of nitrogens with zero attached hydrogens (tertiary/aromatic N) is 1. The van der Waals surface area contributed by atoms with Gasteiger partial charge in [-0.05, 0) is 18.6 Å². The smallest absolute Gasteiger partial charge is 0.120 e. The third kappa shape index (κ3) is 7.60. The summed E-state index contributed by atoms with van der Waals surface area (Å²) >= 11 is 0. The Hall–Kier alpha value is -1.69. The second kappa shape index (κ2) is 11.0. The Labute approximate surface area is 129 Å². The van der Waals surface area contributed by atoms with Gasteiger partial charge in [-0.15, -0.1) is 0 Å². The zero-order valence-corrected chi connectivity index (χ0v) is 13.4. The van der Waals surface area contributed by atoms with Crippen molar-refractivity contribution < 1.29 is 4.74 Å². The van der Waals surface area contributed by atoms with Crippen molar-refractivity contribution in [2.75, 3.05) is 12.4 Å². The molecule has 1 unspecified atom stereocenters. The molecule has 0 saturated heterocycles. The fourth-order valence-corrected chi connectivity index (χ4v) is 2.39. The van der Waals surface area contributed by atoms with Crippen molar-refractivity contribution in [2.45, 2.75) is 64.3 Å². The van der Waals surface area contributed by atoms with E-state index in [1.807, 2.05) is 24.3 Å². The van der Waals surface area contributed by atoms with Crippen molar-refractivity contribution in [2.24, 2.45) is 0 Å². The molecule has 0 radical (unpaired) electrons. The number of methoxy groups -OCH3 is 1. The molecule has 0 bridgehead atoms. The number of ether oxygens (including phenoxy) is 1. The van der Waals surface area contributed by atoms with Gasteiger partial charge in [-0.2, -0.15) is 5.26 Å². The van der Waals surface area contributed by atoms with E-state index < -0.39 is 0 Å². The molecule has 1 aromatic rings. The molecule has 1 rings (SSSR count). The molecule has 3 nitrogen and oxygen atoms in total. The van der Waals surface area contributed by atoms with Gasteiger partial charge in [-0.25, -0.2) is 0 Å². The van der Waals surface area contributed by atoms with Gasteiger partial charge in [-0.1, -0.05) is 57.9 Å². The maximum absolute atomic E-state index is 9.24. The molecule has 21 heavy (non-hydrogen) atoms. The summed E-state index contributed by atoms with van der Waals surface area (Å²) in [5, 5.41) is 12.5. The SMILES string of the molecule is CCCCCCCCCC(C#N)Nc1cccc(OC)c1. The molecule has 3 heteroatoms. The van der Waals surface area contributed by atoms with Gasteiger partial charge in [0.25, 0.3) is 0 Å². The summed E-state index contributed by atoms with van der Waals surface area (Å²) in [6, 6.07) is 9.96.